The average Bonchev–Trinajstić information content (AvgIpc) is 3.38. The fraction of sp³-hybridized carbons (Fsp3) is 0.312. The van der Waals surface area contributed by atoms with Crippen molar-refractivity contribution in [3.8, 4) is 0 Å². The number of hydrogen-bond donors (Lipinski definition) is 1. The van der Waals surface area contributed by atoms with Crippen LogP contribution in [0.5, 0.6) is 0 Å². The molecular formula is C16H12Cl2F3N3O2. The minimum absolute atomic E-state index is 0.0400. The van der Waals surface area contributed by atoms with Crippen molar-refractivity contribution in [2.45, 2.75) is 18.5 Å². The minimum atomic E-state index is -4.40. The van der Waals surface area contributed by atoms with Gasteiger partial charge in [-0.25, -0.2) is 4.68 Å². The van der Waals surface area contributed by atoms with E-state index in [-0.39, 0.29) is 27.7 Å². The Kier molecular flexibility index (Phi) is 4.74. The smallest absolute Gasteiger partial charge is 0.308 e. The molecule has 3 rings (SSSR count). The van der Waals surface area contributed by atoms with Gasteiger partial charge in [0.1, 0.15) is 10.0 Å². The number of anilines is 1. The highest BCUT2D eigenvalue weighted by Crippen LogP contribution is 2.48. The lowest BCUT2D eigenvalue weighted by Crippen LogP contribution is -2.24. The van der Waals surface area contributed by atoms with Crippen LogP contribution in [0.15, 0.2) is 29.1 Å². The third-order valence-electron chi connectivity index (χ3n) is 4.17. The fourth-order valence-corrected chi connectivity index (χ4v) is 3.02. The van der Waals surface area contributed by atoms with Gasteiger partial charge in [-0.3, -0.25) is 9.59 Å². The van der Waals surface area contributed by atoms with E-state index in [0.29, 0.717) is 12.0 Å². The van der Waals surface area contributed by atoms with Crippen LogP contribution in [-0.4, -0.2) is 15.7 Å². The zero-order chi connectivity index (χ0) is 19.2. The first-order chi connectivity index (χ1) is 12.1. The first-order valence-corrected chi connectivity index (χ1v) is 8.25. The van der Waals surface area contributed by atoms with Crippen molar-refractivity contribution < 1.29 is 18.0 Å². The van der Waals surface area contributed by atoms with Gasteiger partial charge in [-0.1, -0.05) is 35.3 Å². The third kappa shape index (κ3) is 3.57. The van der Waals surface area contributed by atoms with Gasteiger partial charge in [-0.05, 0) is 30.0 Å². The molecule has 0 bridgehead atoms. The van der Waals surface area contributed by atoms with E-state index in [1.54, 1.807) is 0 Å². The molecule has 138 valence electrons. The maximum absolute atomic E-state index is 12.6. The normalized spacial score (nSPS) is 19.3. The van der Waals surface area contributed by atoms with E-state index in [4.69, 9.17) is 23.2 Å². The van der Waals surface area contributed by atoms with Crippen LogP contribution in [-0.2, 0) is 18.0 Å². The standard InChI is InChI=1S/C16H12Cl2F3N3O2/c1-24-15(26)12(18)11(17)13(23-24)22-14(25)10-6-9(10)7-2-4-8(5-3-7)16(19,20)21/h2-5,9-10H,6H2,1H3,(H,22,23,25)/t9-,10+/m0/s1. The number of halogens is 5. The summed E-state index contributed by atoms with van der Waals surface area (Å²) in [6.45, 7) is 0. The van der Waals surface area contributed by atoms with Gasteiger partial charge in [-0.2, -0.15) is 18.3 Å². The van der Waals surface area contributed by atoms with Gasteiger partial charge in [0.15, 0.2) is 5.82 Å². The number of amides is 1. The largest absolute Gasteiger partial charge is 0.416 e. The molecule has 1 heterocycles. The topological polar surface area (TPSA) is 64.0 Å². The molecule has 1 saturated carbocycles. The highest BCUT2D eigenvalue weighted by atomic mass is 35.5. The molecule has 1 N–H and O–H groups in total. The highest BCUT2D eigenvalue weighted by molar-refractivity contribution is 6.43. The van der Waals surface area contributed by atoms with Crippen molar-refractivity contribution in [1.29, 1.82) is 0 Å². The summed E-state index contributed by atoms with van der Waals surface area (Å²) < 4.78 is 38.7. The molecule has 1 aliphatic carbocycles. The van der Waals surface area contributed by atoms with Gasteiger partial charge in [0.05, 0.1) is 5.56 Å². The summed E-state index contributed by atoms with van der Waals surface area (Å²) in [5.41, 5.74) is -0.682. The molecule has 0 spiro atoms. The van der Waals surface area contributed by atoms with Crippen LogP contribution >= 0.6 is 23.2 Å². The molecule has 1 aromatic carbocycles. The molecule has 1 aliphatic rings. The van der Waals surface area contributed by atoms with Gasteiger partial charge in [0.2, 0.25) is 5.91 Å². The molecule has 1 amide bonds. The lowest BCUT2D eigenvalue weighted by Gasteiger charge is -2.09. The maximum atomic E-state index is 12.6. The molecule has 1 aromatic heterocycles. The molecule has 2 aromatic rings. The number of aromatic nitrogens is 2. The summed E-state index contributed by atoms with van der Waals surface area (Å²) in [6, 6.07) is 4.73. The Hall–Kier alpha value is -2.06. The predicted molar refractivity (Wildman–Crippen MR) is 90.4 cm³/mol. The second-order valence-electron chi connectivity index (χ2n) is 5.96. The molecule has 0 saturated heterocycles. The van der Waals surface area contributed by atoms with Crippen LogP contribution in [0, 0.1) is 5.92 Å². The Labute approximate surface area is 155 Å². The number of rotatable bonds is 3. The predicted octanol–water partition coefficient (Wildman–Crippen LogP) is 3.85. The number of carbonyl (C=O) groups is 1. The number of alkyl halides is 3. The summed E-state index contributed by atoms with van der Waals surface area (Å²) in [6.07, 6.45) is -3.90. The summed E-state index contributed by atoms with van der Waals surface area (Å²) in [7, 11) is 1.36. The van der Waals surface area contributed by atoms with Crippen LogP contribution in [0.25, 0.3) is 0 Å². The molecule has 1 fully saturated rings. The zero-order valence-corrected chi connectivity index (χ0v) is 14.8. The molecular weight excluding hydrogens is 394 g/mol. The first-order valence-electron chi connectivity index (χ1n) is 7.50. The van der Waals surface area contributed by atoms with Crippen molar-refractivity contribution in [3.05, 3.63) is 55.8 Å². The van der Waals surface area contributed by atoms with E-state index in [1.165, 1.54) is 19.2 Å². The summed E-state index contributed by atoms with van der Waals surface area (Å²) in [4.78, 5) is 23.9. The number of nitrogens with zero attached hydrogens (tertiary/aromatic N) is 2. The number of nitrogens with one attached hydrogen (secondary N) is 1. The van der Waals surface area contributed by atoms with Crippen LogP contribution in [0.4, 0.5) is 19.0 Å². The van der Waals surface area contributed by atoms with Crippen LogP contribution in [0.2, 0.25) is 10.0 Å². The Morgan fingerprint density at radius 1 is 1.23 bits per heavy atom. The van der Waals surface area contributed by atoms with Crippen LogP contribution in [0.1, 0.15) is 23.5 Å². The zero-order valence-electron chi connectivity index (χ0n) is 13.3. The van der Waals surface area contributed by atoms with E-state index in [1.807, 2.05) is 0 Å². The lowest BCUT2D eigenvalue weighted by atomic mass is 10.1. The van der Waals surface area contributed by atoms with E-state index in [9.17, 15) is 22.8 Å². The van der Waals surface area contributed by atoms with Gasteiger partial charge in [0.25, 0.3) is 5.56 Å². The van der Waals surface area contributed by atoms with Crippen molar-refractivity contribution in [2.75, 3.05) is 5.32 Å². The SMILES string of the molecule is Cn1nc(NC(=O)[C@@H]2C[C@H]2c2ccc(C(F)(F)F)cc2)c(Cl)c(Cl)c1=O. The Morgan fingerprint density at radius 2 is 1.85 bits per heavy atom. The number of benzene rings is 1. The van der Waals surface area contributed by atoms with E-state index < -0.39 is 23.2 Å². The van der Waals surface area contributed by atoms with Crippen molar-refractivity contribution in [3.63, 3.8) is 0 Å². The van der Waals surface area contributed by atoms with Crippen LogP contribution in [0.3, 0.4) is 0 Å². The molecule has 26 heavy (non-hydrogen) atoms. The average molecular weight is 406 g/mol. The molecule has 0 aliphatic heterocycles. The van der Waals surface area contributed by atoms with Gasteiger partial charge < -0.3 is 5.32 Å². The second-order valence-corrected chi connectivity index (χ2v) is 6.72. The van der Waals surface area contributed by atoms with E-state index >= 15 is 0 Å². The van der Waals surface area contributed by atoms with Gasteiger partial charge in [-0.15, -0.1) is 0 Å². The Morgan fingerprint density at radius 3 is 2.42 bits per heavy atom. The molecule has 5 nitrogen and oxygen atoms in total. The van der Waals surface area contributed by atoms with E-state index in [0.717, 1.165) is 16.8 Å². The van der Waals surface area contributed by atoms with Gasteiger partial charge in [0, 0.05) is 13.0 Å². The Balaban J connectivity index is 1.71. The fourth-order valence-electron chi connectivity index (χ4n) is 2.64. The van der Waals surface area contributed by atoms with E-state index in [2.05, 4.69) is 10.4 Å². The third-order valence-corrected chi connectivity index (χ3v) is 4.98. The summed E-state index contributed by atoms with van der Waals surface area (Å²) >= 11 is 11.7. The number of carbonyl (C=O) groups excluding carboxylic acids is 1. The quantitative estimate of drug-likeness (QED) is 0.843. The Bertz CT molecular complexity index is 926. The molecule has 0 unspecified atom stereocenters. The van der Waals surface area contributed by atoms with Crippen LogP contribution < -0.4 is 10.9 Å². The van der Waals surface area contributed by atoms with Crippen molar-refractivity contribution in [1.82, 2.24) is 9.78 Å². The first kappa shape index (κ1) is 18.7. The van der Waals surface area contributed by atoms with Crippen molar-refractivity contribution in [2.24, 2.45) is 13.0 Å². The monoisotopic (exact) mass is 405 g/mol. The lowest BCUT2D eigenvalue weighted by molar-refractivity contribution is -0.137. The molecule has 2 atom stereocenters. The summed E-state index contributed by atoms with van der Waals surface area (Å²) in [5.74, 6) is -1.03. The highest BCUT2D eigenvalue weighted by Gasteiger charge is 2.44. The number of hydrogen-bond acceptors (Lipinski definition) is 3. The maximum Gasteiger partial charge on any atom is 0.416 e. The van der Waals surface area contributed by atoms with Gasteiger partial charge >= 0.3 is 6.18 Å². The van der Waals surface area contributed by atoms with Crippen molar-refractivity contribution >= 4 is 34.9 Å². The summed E-state index contributed by atoms with van der Waals surface area (Å²) in [5, 5.41) is 5.95. The minimum Gasteiger partial charge on any atom is -0.308 e. The molecule has 10 heteroatoms. The second kappa shape index (κ2) is 6.59. The number of aryl methyl sites for hydroxylation is 1. The molecule has 0 radical (unpaired) electrons.